The molecular weight excluding hydrogens is 270 g/mol. The van der Waals surface area contributed by atoms with Gasteiger partial charge in [-0.15, -0.1) is 23.5 Å². The van der Waals surface area contributed by atoms with Gasteiger partial charge in [0.2, 0.25) is 0 Å². The van der Waals surface area contributed by atoms with E-state index in [1.807, 2.05) is 23.5 Å². The highest BCUT2D eigenvalue weighted by atomic mass is 32.2. The molecule has 2 atom stereocenters. The fraction of sp³-hybridized carbons (Fsp3) is 1.00. The molecule has 1 radical (unpaired) electrons. The molecule has 2 unspecified atom stereocenters. The van der Waals surface area contributed by atoms with Gasteiger partial charge in [0, 0.05) is 0 Å². The molecule has 3 heteroatoms. The number of thioether (sulfide) groups is 2. The Hall–Kier alpha value is 0.660. The van der Waals surface area contributed by atoms with Gasteiger partial charge < -0.3 is 0 Å². The standard InChI is InChI=1S/C16H34NS2/c1-5-7-9-11-13-18-15(3)17-16(4)19-14-12-10-8-6-2/h15-16H,5-14H2,1-4H3. The Bertz CT molecular complexity index is 158. The SMILES string of the molecule is CCCCCCSC(C)[N]C(C)SCCCCCC. The van der Waals surface area contributed by atoms with Crippen molar-refractivity contribution in [2.75, 3.05) is 11.5 Å². The second kappa shape index (κ2) is 15.1. The average Bonchev–Trinajstić information content (AvgIpc) is 2.38. The van der Waals surface area contributed by atoms with Crippen molar-refractivity contribution in [2.24, 2.45) is 0 Å². The maximum atomic E-state index is 4.84. The minimum Gasteiger partial charge on any atom is -0.214 e. The van der Waals surface area contributed by atoms with Gasteiger partial charge in [-0.2, -0.15) is 0 Å². The Balaban J connectivity index is 3.34. The van der Waals surface area contributed by atoms with E-state index in [4.69, 9.17) is 5.32 Å². The number of nitrogens with zero attached hydrogens (tertiary/aromatic N) is 1. The molecule has 0 N–H and O–H groups in total. The van der Waals surface area contributed by atoms with E-state index in [9.17, 15) is 0 Å². The largest absolute Gasteiger partial charge is 0.214 e. The van der Waals surface area contributed by atoms with E-state index in [1.54, 1.807) is 0 Å². The topological polar surface area (TPSA) is 14.1 Å². The van der Waals surface area contributed by atoms with Crippen molar-refractivity contribution >= 4 is 23.5 Å². The van der Waals surface area contributed by atoms with E-state index in [1.165, 1.54) is 62.9 Å². The molecule has 0 aromatic heterocycles. The zero-order chi connectivity index (χ0) is 14.3. The van der Waals surface area contributed by atoms with Gasteiger partial charge in [-0.05, 0) is 38.2 Å². The van der Waals surface area contributed by atoms with Crippen LogP contribution >= 0.6 is 23.5 Å². The van der Waals surface area contributed by atoms with Crippen LogP contribution in [0, 0.1) is 0 Å². The zero-order valence-corrected chi connectivity index (χ0v) is 15.1. The van der Waals surface area contributed by atoms with Crippen LogP contribution in [-0.2, 0) is 0 Å². The van der Waals surface area contributed by atoms with Gasteiger partial charge in [-0.25, -0.2) is 5.32 Å². The second-order valence-corrected chi connectivity index (χ2v) is 8.06. The van der Waals surface area contributed by atoms with Crippen LogP contribution in [0.4, 0.5) is 0 Å². The predicted molar refractivity (Wildman–Crippen MR) is 94.3 cm³/mol. The number of hydrogen-bond donors (Lipinski definition) is 0. The molecule has 0 aromatic rings. The number of hydrogen-bond acceptors (Lipinski definition) is 2. The first-order valence-electron chi connectivity index (χ1n) is 8.13. The molecule has 0 spiro atoms. The van der Waals surface area contributed by atoms with Crippen LogP contribution in [0.1, 0.15) is 79.1 Å². The van der Waals surface area contributed by atoms with E-state index < -0.39 is 0 Å². The maximum Gasteiger partial charge on any atom is 0.0683 e. The van der Waals surface area contributed by atoms with Crippen LogP contribution in [-0.4, -0.2) is 22.3 Å². The van der Waals surface area contributed by atoms with Gasteiger partial charge >= 0.3 is 0 Å². The van der Waals surface area contributed by atoms with Crippen molar-refractivity contribution in [3.8, 4) is 0 Å². The van der Waals surface area contributed by atoms with Crippen LogP contribution in [0.25, 0.3) is 0 Å². The zero-order valence-electron chi connectivity index (χ0n) is 13.5. The van der Waals surface area contributed by atoms with Gasteiger partial charge in [-0.3, -0.25) is 0 Å². The van der Waals surface area contributed by atoms with Crippen molar-refractivity contribution in [3.63, 3.8) is 0 Å². The molecule has 0 heterocycles. The first-order valence-corrected chi connectivity index (χ1v) is 10.2. The van der Waals surface area contributed by atoms with Crippen LogP contribution < -0.4 is 5.32 Å². The lowest BCUT2D eigenvalue weighted by Gasteiger charge is -2.17. The molecule has 0 aliphatic rings. The van der Waals surface area contributed by atoms with Gasteiger partial charge in [-0.1, -0.05) is 52.4 Å². The van der Waals surface area contributed by atoms with E-state index in [0.29, 0.717) is 10.7 Å². The molecule has 19 heavy (non-hydrogen) atoms. The highest BCUT2D eigenvalue weighted by molar-refractivity contribution is 8.00. The summed E-state index contributed by atoms with van der Waals surface area (Å²) >= 11 is 4.05. The van der Waals surface area contributed by atoms with E-state index in [-0.39, 0.29) is 0 Å². The third-order valence-corrected chi connectivity index (χ3v) is 5.39. The summed E-state index contributed by atoms with van der Waals surface area (Å²) in [6.45, 7) is 9.03. The lowest BCUT2D eigenvalue weighted by molar-refractivity contribution is 0.658. The van der Waals surface area contributed by atoms with Gasteiger partial charge in [0.1, 0.15) is 0 Å². The Morgan fingerprint density at radius 2 is 1.11 bits per heavy atom. The Labute approximate surface area is 130 Å². The van der Waals surface area contributed by atoms with Crippen molar-refractivity contribution in [1.29, 1.82) is 0 Å². The summed E-state index contributed by atoms with van der Waals surface area (Å²) < 4.78 is 0. The summed E-state index contributed by atoms with van der Waals surface area (Å²) in [6.07, 6.45) is 10.9. The van der Waals surface area contributed by atoms with Crippen molar-refractivity contribution in [1.82, 2.24) is 5.32 Å². The molecule has 0 aliphatic heterocycles. The smallest absolute Gasteiger partial charge is 0.0683 e. The minimum absolute atomic E-state index is 0.472. The molecule has 1 nitrogen and oxygen atoms in total. The van der Waals surface area contributed by atoms with Gasteiger partial charge in [0.15, 0.2) is 0 Å². The summed E-state index contributed by atoms with van der Waals surface area (Å²) in [5.41, 5.74) is 0. The number of rotatable bonds is 14. The van der Waals surface area contributed by atoms with E-state index in [2.05, 4.69) is 27.7 Å². The van der Waals surface area contributed by atoms with Crippen LogP contribution in [0.15, 0.2) is 0 Å². The lowest BCUT2D eigenvalue weighted by Crippen LogP contribution is -2.23. The fourth-order valence-corrected chi connectivity index (χ4v) is 3.99. The molecule has 0 aromatic carbocycles. The highest BCUT2D eigenvalue weighted by Crippen LogP contribution is 2.18. The van der Waals surface area contributed by atoms with Crippen LogP contribution in [0.2, 0.25) is 0 Å². The lowest BCUT2D eigenvalue weighted by atomic mass is 10.2. The highest BCUT2D eigenvalue weighted by Gasteiger charge is 2.09. The first kappa shape index (κ1) is 19.7. The van der Waals surface area contributed by atoms with Crippen molar-refractivity contribution < 1.29 is 0 Å². The van der Waals surface area contributed by atoms with E-state index in [0.717, 1.165) is 0 Å². The summed E-state index contributed by atoms with van der Waals surface area (Å²) in [5, 5.41) is 5.78. The number of unbranched alkanes of at least 4 members (excludes halogenated alkanes) is 6. The minimum atomic E-state index is 0.472. The van der Waals surface area contributed by atoms with Crippen molar-refractivity contribution in [3.05, 3.63) is 0 Å². The summed E-state index contributed by atoms with van der Waals surface area (Å²) in [7, 11) is 0. The maximum absolute atomic E-state index is 4.84. The molecule has 0 fully saturated rings. The fourth-order valence-electron chi connectivity index (χ4n) is 1.95. The molecule has 115 valence electrons. The second-order valence-electron chi connectivity index (χ2n) is 5.21. The third kappa shape index (κ3) is 14.9. The Morgan fingerprint density at radius 3 is 1.47 bits per heavy atom. The molecular formula is C16H34NS2. The predicted octanol–water partition coefficient (Wildman–Crippen LogP) is 5.91. The third-order valence-electron chi connectivity index (χ3n) is 3.13. The molecule has 0 rings (SSSR count). The molecule has 0 saturated carbocycles. The van der Waals surface area contributed by atoms with Crippen LogP contribution in [0.3, 0.4) is 0 Å². The first-order chi connectivity index (χ1) is 9.20. The van der Waals surface area contributed by atoms with Crippen molar-refractivity contribution in [2.45, 2.75) is 89.8 Å². The molecule has 0 aliphatic carbocycles. The van der Waals surface area contributed by atoms with Crippen LogP contribution in [0.5, 0.6) is 0 Å². The average molecular weight is 305 g/mol. The molecule has 0 amide bonds. The summed E-state index contributed by atoms with van der Waals surface area (Å²) in [6, 6.07) is 0. The molecule has 0 saturated heterocycles. The molecule has 0 bridgehead atoms. The van der Waals surface area contributed by atoms with Gasteiger partial charge in [0.05, 0.1) is 10.7 Å². The summed E-state index contributed by atoms with van der Waals surface area (Å²) in [5.74, 6) is 2.55. The normalized spacial score (nSPS) is 14.5. The Morgan fingerprint density at radius 1 is 0.684 bits per heavy atom. The quantitative estimate of drug-likeness (QED) is 0.370. The monoisotopic (exact) mass is 304 g/mol. The Kier molecular flexibility index (Phi) is 15.6. The summed E-state index contributed by atoms with van der Waals surface area (Å²) in [4.78, 5) is 0. The van der Waals surface area contributed by atoms with E-state index >= 15 is 0 Å². The van der Waals surface area contributed by atoms with Gasteiger partial charge in [0.25, 0.3) is 0 Å².